The fourth-order valence-corrected chi connectivity index (χ4v) is 6.67. The molecule has 0 radical (unpaired) electrons. The lowest BCUT2D eigenvalue weighted by molar-refractivity contribution is -0.139. The number of hydrogen-bond donors (Lipinski definition) is 0. The number of halogens is 2. The number of thiazole rings is 1. The maximum Gasteiger partial charge on any atom is 0.338 e. The van der Waals surface area contributed by atoms with Gasteiger partial charge in [-0.15, -0.1) is 0 Å². The Hall–Kier alpha value is -2.95. The summed E-state index contributed by atoms with van der Waals surface area (Å²) in [6.45, 7) is 10.1. The minimum atomic E-state index is -0.747. The van der Waals surface area contributed by atoms with Gasteiger partial charge in [0, 0.05) is 5.56 Å². The van der Waals surface area contributed by atoms with E-state index in [1.807, 2.05) is 43.3 Å². The zero-order valence-corrected chi connectivity index (χ0v) is 25.1. The van der Waals surface area contributed by atoms with E-state index in [9.17, 15) is 9.59 Å². The molecule has 0 bridgehead atoms. The number of para-hydroxylation sites is 1. The first-order valence-corrected chi connectivity index (χ1v) is 14.3. The highest BCUT2D eigenvalue weighted by atomic mass is 79.9. The van der Waals surface area contributed by atoms with E-state index in [-0.39, 0.29) is 12.2 Å². The molecule has 4 rings (SSSR count). The largest absolute Gasteiger partial charge is 0.494 e. The van der Waals surface area contributed by atoms with E-state index in [2.05, 4.69) is 43.4 Å². The zero-order chi connectivity index (χ0) is 27.4. The molecule has 7 nitrogen and oxygen atoms in total. The molecule has 0 N–H and O–H groups in total. The lowest BCUT2D eigenvalue weighted by Gasteiger charge is -2.26. The van der Waals surface area contributed by atoms with E-state index in [0.29, 0.717) is 50.9 Å². The van der Waals surface area contributed by atoms with Crippen LogP contribution in [0.15, 0.2) is 79.1 Å². The predicted octanol–water partition coefficient (Wildman–Crippen LogP) is 5.29. The lowest BCUT2D eigenvalue weighted by Crippen LogP contribution is -2.40. The van der Waals surface area contributed by atoms with Gasteiger partial charge in [-0.3, -0.25) is 9.36 Å². The second kappa shape index (κ2) is 12.3. The van der Waals surface area contributed by atoms with Gasteiger partial charge in [0.1, 0.15) is 24.1 Å². The van der Waals surface area contributed by atoms with Crippen LogP contribution in [0.5, 0.6) is 11.5 Å². The van der Waals surface area contributed by atoms with Gasteiger partial charge in [0.15, 0.2) is 4.80 Å². The monoisotopic (exact) mass is 660 g/mol. The fraction of sp³-hybridized carbons (Fsp3) is 0.250. The third-order valence-corrected chi connectivity index (χ3v) is 7.86. The molecule has 10 heteroatoms. The molecule has 1 aliphatic rings. The van der Waals surface area contributed by atoms with E-state index < -0.39 is 12.0 Å². The molecule has 1 aliphatic heterocycles. The summed E-state index contributed by atoms with van der Waals surface area (Å²) < 4.78 is 20.5. The van der Waals surface area contributed by atoms with Crippen molar-refractivity contribution in [2.24, 2.45) is 4.99 Å². The first-order valence-electron chi connectivity index (χ1n) is 11.9. The van der Waals surface area contributed by atoms with E-state index >= 15 is 0 Å². The highest BCUT2D eigenvalue weighted by molar-refractivity contribution is 9.11. The molecule has 198 valence electrons. The molecule has 0 unspecified atom stereocenters. The highest BCUT2D eigenvalue weighted by Crippen LogP contribution is 2.37. The van der Waals surface area contributed by atoms with Crippen LogP contribution in [0.2, 0.25) is 0 Å². The van der Waals surface area contributed by atoms with Crippen LogP contribution in [0.25, 0.3) is 6.08 Å². The third-order valence-electron chi connectivity index (χ3n) is 5.69. The Morgan fingerprint density at radius 3 is 2.53 bits per heavy atom. The van der Waals surface area contributed by atoms with E-state index in [0.717, 1.165) is 14.5 Å². The van der Waals surface area contributed by atoms with Crippen molar-refractivity contribution in [3.05, 3.63) is 100 Å². The van der Waals surface area contributed by atoms with Crippen LogP contribution in [-0.4, -0.2) is 30.4 Å². The van der Waals surface area contributed by atoms with Crippen molar-refractivity contribution in [2.75, 3.05) is 19.8 Å². The smallest absolute Gasteiger partial charge is 0.338 e. The summed E-state index contributed by atoms with van der Waals surface area (Å²) in [6, 6.07) is 10.4. The molecule has 0 saturated carbocycles. The van der Waals surface area contributed by atoms with Gasteiger partial charge in [0.2, 0.25) is 0 Å². The summed E-state index contributed by atoms with van der Waals surface area (Å²) in [5.41, 5.74) is 2.02. The van der Waals surface area contributed by atoms with Crippen LogP contribution >= 0.6 is 43.2 Å². The van der Waals surface area contributed by atoms with E-state index in [1.165, 1.54) is 11.3 Å². The first-order chi connectivity index (χ1) is 18.3. The standard InChI is InChI=1S/C28H26Br2N2O5S/c1-5-12-37-25-19(29)13-17(14-20(25)30)15-22-26(33)32-24(18-10-8-9-11-21(18)35-6-2)23(27(34)36-7-3)16(4)31-28(32)38-22/h5,8-11,13-15,24H,1,6-7,12H2,2-4H3/b22-15-/t24-/m1/s1. The summed E-state index contributed by atoms with van der Waals surface area (Å²) >= 11 is 8.35. The highest BCUT2D eigenvalue weighted by Gasteiger charge is 2.35. The minimum Gasteiger partial charge on any atom is -0.494 e. The molecule has 3 aromatic rings. The molecule has 0 spiro atoms. The number of ether oxygens (including phenoxy) is 3. The van der Waals surface area contributed by atoms with Crippen LogP contribution in [-0.2, 0) is 9.53 Å². The zero-order valence-electron chi connectivity index (χ0n) is 21.1. The van der Waals surface area contributed by atoms with Gasteiger partial charge in [-0.25, -0.2) is 9.79 Å². The summed E-state index contributed by atoms with van der Waals surface area (Å²) in [5.74, 6) is 0.724. The predicted molar refractivity (Wildman–Crippen MR) is 156 cm³/mol. The number of nitrogens with zero attached hydrogens (tertiary/aromatic N) is 2. The lowest BCUT2D eigenvalue weighted by atomic mass is 9.95. The maximum absolute atomic E-state index is 13.9. The number of hydrogen-bond acceptors (Lipinski definition) is 7. The van der Waals surface area contributed by atoms with Crippen molar-refractivity contribution in [3.63, 3.8) is 0 Å². The molecular formula is C28H26Br2N2O5S. The molecule has 0 aliphatic carbocycles. The number of rotatable bonds is 9. The van der Waals surface area contributed by atoms with Crippen molar-refractivity contribution in [1.29, 1.82) is 0 Å². The van der Waals surface area contributed by atoms with Gasteiger partial charge in [-0.1, -0.05) is 42.2 Å². The van der Waals surface area contributed by atoms with Crippen molar-refractivity contribution < 1.29 is 19.0 Å². The van der Waals surface area contributed by atoms with Gasteiger partial charge in [-0.05, 0) is 82.5 Å². The van der Waals surface area contributed by atoms with E-state index in [4.69, 9.17) is 14.2 Å². The maximum atomic E-state index is 13.9. The second-order valence-electron chi connectivity index (χ2n) is 8.19. The Balaban J connectivity index is 1.92. The Morgan fingerprint density at radius 1 is 1.16 bits per heavy atom. The molecule has 38 heavy (non-hydrogen) atoms. The number of allylic oxidation sites excluding steroid dienone is 1. The number of fused-ring (bicyclic) bond motifs is 1. The second-order valence-corrected chi connectivity index (χ2v) is 10.9. The third kappa shape index (κ3) is 5.57. The molecule has 2 aromatic carbocycles. The van der Waals surface area contributed by atoms with Crippen LogP contribution in [0.4, 0.5) is 0 Å². The van der Waals surface area contributed by atoms with Crippen LogP contribution in [0, 0.1) is 0 Å². The Bertz CT molecular complexity index is 1580. The topological polar surface area (TPSA) is 79.1 Å². The van der Waals surface area contributed by atoms with Crippen molar-refractivity contribution in [2.45, 2.75) is 26.8 Å². The van der Waals surface area contributed by atoms with Crippen molar-refractivity contribution >= 4 is 55.2 Å². The van der Waals surface area contributed by atoms with Gasteiger partial charge >= 0.3 is 5.97 Å². The van der Waals surface area contributed by atoms with Crippen molar-refractivity contribution in [1.82, 2.24) is 4.57 Å². The number of carbonyl (C=O) groups excluding carboxylic acids is 1. The Morgan fingerprint density at radius 2 is 1.87 bits per heavy atom. The Labute approximate surface area is 241 Å². The van der Waals surface area contributed by atoms with Gasteiger partial charge in [-0.2, -0.15) is 0 Å². The summed E-state index contributed by atoms with van der Waals surface area (Å²) in [5, 5.41) is 0. The molecule has 0 fully saturated rings. The average Bonchev–Trinajstić information content (AvgIpc) is 3.17. The number of carbonyl (C=O) groups is 1. The molecule has 1 aromatic heterocycles. The molecule has 0 amide bonds. The number of esters is 1. The van der Waals surface area contributed by atoms with Gasteiger partial charge < -0.3 is 14.2 Å². The minimum absolute atomic E-state index is 0.204. The first kappa shape index (κ1) is 28.1. The fourth-order valence-electron chi connectivity index (χ4n) is 4.17. The van der Waals surface area contributed by atoms with Crippen molar-refractivity contribution in [3.8, 4) is 11.5 Å². The molecular weight excluding hydrogens is 636 g/mol. The SMILES string of the molecule is C=CCOc1c(Br)cc(/C=c2\sc3n(c2=O)[C@H](c2ccccc2OCC)C(C(=O)OCC)=C(C)N=3)cc1Br. The van der Waals surface area contributed by atoms with Crippen LogP contribution in [0.1, 0.15) is 37.9 Å². The Kier molecular flexibility index (Phi) is 9.07. The quantitative estimate of drug-likeness (QED) is 0.230. The van der Waals surface area contributed by atoms with Crippen LogP contribution < -0.4 is 24.4 Å². The average molecular weight is 662 g/mol. The van der Waals surface area contributed by atoms with E-state index in [1.54, 1.807) is 30.6 Å². The number of benzene rings is 2. The summed E-state index contributed by atoms with van der Waals surface area (Å²) in [4.78, 5) is 32.2. The van der Waals surface area contributed by atoms with Crippen LogP contribution in [0.3, 0.4) is 0 Å². The van der Waals surface area contributed by atoms with Gasteiger partial charge in [0.05, 0.1) is 38.0 Å². The molecule has 2 heterocycles. The summed E-state index contributed by atoms with van der Waals surface area (Å²) in [6.07, 6.45) is 3.46. The normalized spacial score (nSPS) is 15.1. The van der Waals surface area contributed by atoms with Gasteiger partial charge in [0.25, 0.3) is 5.56 Å². The molecule has 1 atom stereocenters. The summed E-state index contributed by atoms with van der Waals surface area (Å²) in [7, 11) is 0. The number of aromatic nitrogens is 1. The molecule has 0 saturated heterocycles.